The average molecular weight is 283 g/mol. The fourth-order valence-corrected chi connectivity index (χ4v) is 1.84. The number of hydrogen-bond acceptors (Lipinski definition) is 4. The molecule has 7 heteroatoms. The first-order chi connectivity index (χ1) is 9.36. The maximum Gasteiger partial charge on any atom is 0.326 e. The number of ether oxygens (including phenoxy) is 1. The number of aryl methyl sites for hydroxylation is 1. The molecule has 0 bridgehead atoms. The summed E-state index contributed by atoms with van der Waals surface area (Å²) in [5.74, 6) is -1.42. The summed E-state index contributed by atoms with van der Waals surface area (Å²) in [5.41, 5.74) is 1.06. The van der Waals surface area contributed by atoms with Gasteiger partial charge in [-0.25, -0.2) is 4.79 Å². The summed E-state index contributed by atoms with van der Waals surface area (Å²) in [6.07, 6.45) is 1.81. The predicted molar refractivity (Wildman–Crippen MR) is 72.7 cm³/mol. The van der Waals surface area contributed by atoms with Gasteiger partial charge in [0.25, 0.3) is 5.91 Å². The molecule has 0 spiro atoms. The Balaban J connectivity index is 2.86. The number of carboxylic acid groups (broad SMARTS) is 1. The van der Waals surface area contributed by atoms with Gasteiger partial charge in [-0.15, -0.1) is 0 Å². The number of carbonyl (C=O) groups is 2. The van der Waals surface area contributed by atoms with E-state index >= 15 is 0 Å². The highest BCUT2D eigenvalue weighted by Crippen LogP contribution is 2.17. The lowest BCUT2D eigenvalue weighted by Gasteiger charge is -2.14. The van der Waals surface area contributed by atoms with E-state index in [4.69, 9.17) is 9.84 Å². The van der Waals surface area contributed by atoms with Gasteiger partial charge in [-0.1, -0.05) is 13.8 Å². The van der Waals surface area contributed by atoms with Crippen molar-refractivity contribution in [3.8, 4) is 0 Å². The van der Waals surface area contributed by atoms with E-state index in [1.165, 1.54) is 7.11 Å². The third kappa shape index (κ3) is 4.06. The van der Waals surface area contributed by atoms with Crippen LogP contribution in [0.25, 0.3) is 0 Å². The van der Waals surface area contributed by atoms with Crippen LogP contribution in [-0.2, 0) is 16.6 Å². The van der Waals surface area contributed by atoms with Crippen molar-refractivity contribution in [2.75, 3.05) is 13.7 Å². The van der Waals surface area contributed by atoms with Crippen LogP contribution >= 0.6 is 0 Å². The van der Waals surface area contributed by atoms with Gasteiger partial charge in [-0.2, -0.15) is 5.10 Å². The van der Waals surface area contributed by atoms with Gasteiger partial charge in [0.05, 0.1) is 11.3 Å². The number of nitrogens with one attached hydrogen (secondary N) is 1. The SMILES string of the molecule is COCCC(NC(=O)c1cn(C)nc1C(C)C)C(=O)O. The lowest BCUT2D eigenvalue weighted by molar-refractivity contribution is -0.139. The molecule has 1 rings (SSSR count). The summed E-state index contributed by atoms with van der Waals surface area (Å²) >= 11 is 0. The third-order valence-corrected chi connectivity index (χ3v) is 2.86. The van der Waals surface area contributed by atoms with Crippen molar-refractivity contribution in [2.24, 2.45) is 7.05 Å². The second kappa shape index (κ2) is 7.04. The summed E-state index contributed by atoms with van der Waals surface area (Å²) in [4.78, 5) is 23.3. The molecule has 0 radical (unpaired) electrons. The molecular formula is C13H21N3O4. The summed E-state index contributed by atoms with van der Waals surface area (Å²) in [6.45, 7) is 4.12. The van der Waals surface area contributed by atoms with Crippen LogP contribution in [0.5, 0.6) is 0 Å². The molecule has 0 aliphatic carbocycles. The smallest absolute Gasteiger partial charge is 0.326 e. The summed E-state index contributed by atoms with van der Waals surface area (Å²) in [6, 6.07) is -0.970. The maximum atomic E-state index is 12.2. The fraction of sp³-hybridized carbons (Fsp3) is 0.615. The highest BCUT2D eigenvalue weighted by molar-refractivity contribution is 5.97. The number of rotatable bonds is 7. The number of amides is 1. The number of carbonyl (C=O) groups excluding carboxylic acids is 1. The quantitative estimate of drug-likeness (QED) is 0.770. The Morgan fingerprint density at radius 3 is 2.65 bits per heavy atom. The Bertz CT molecular complexity index is 482. The normalized spacial score (nSPS) is 12.4. The minimum Gasteiger partial charge on any atom is -0.480 e. The molecule has 0 aliphatic heterocycles. The number of carboxylic acids is 1. The molecule has 0 fully saturated rings. The van der Waals surface area contributed by atoms with Crippen molar-refractivity contribution in [2.45, 2.75) is 32.2 Å². The molecule has 0 saturated heterocycles. The van der Waals surface area contributed by atoms with Crippen LogP contribution in [0.2, 0.25) is 0 Å². The van der Waals surface area contributed by atoms with E-state index in [0.29, 0.717) is 11.3 Å². The lowest BCUT2D eigenvalue weighted by Crippen LogP contribution is -2.41. The molecule has 20 heavy (non-hydrogen) atoms. The second-order valence-corrected chi connectivity index (χ2v) is 4.90. The zero-order chi connectivity index (χ0) is 15.3. The molecule has 1 atom stereocenters. The van der Waals surface area contributed by atoms with Gasteiger partial charge in [0.1, 0.15) is 6.04 Å². The molecule has 1 aromatic heterocycles. The Hall–Kier alpha value is -1.89. The van der Waals surface area contributed by atoms with Gasteiger partial charge in [0.15, 0.2) is 0 Å². The first-order valence-electron chi connectivity index (χ1n) is 6.43. The molecule has 1 aromatic rings. The third-order valence-electron chi connectivity index (χ3n) is 2.86. The summed E-state index contributed by atoms with van der Waals surface area (Å²) in [7, 11) is 3.21. The van der Waals surface area contributed by atoms with Crippen LogP contribution in [0.4, 0.5) is 0 Å². The van der Waals surface area contributed by atoms with E-state index in [1.807, 2.05) is 13.8 Å². The van der Waals surface area contributed by atoms with Gasteiger partial charge in [-0.05, 0) is 5.92 Å². The number of aliphatic carboxylic acids is 1. The van der Waals surface area contributed by atoms with Crippen LogP contribution < -0.4 is 5.32 Å². The monoisotopic (exact) mass is 283 g/mol. The molecule has 0 saturated carbocycles. The van der Waals surface area contributed by atoms with Gasteiger partial charge < -0.3 is 15.2 Å². The van der Waals surface area contributed by atoms with Crippen molar-refractivity contribution in [1.82, 2.24) is 15.1 Å². The van der Waals surface area contributed by atoms with Crippen molar-refractivity contribution in [1.29, 1.82) is 0 Å². The van der Waals surface area contributed by atoms with E-state index in [1.54, 1.807) is 17.9 Å². The molecule has 2 N–H and O–H groups in total. The minimum absolute atomic E-state index is 0.0826. The van der Waals surface area contributed by atoms with Gasteiger partial charge in [0, 0.05) is 33.4 Å². The first-order valence-corrected chi connectivity index (χ1v) is 6.43. The summed E-state index contributed by atoms with van der Waals surface area (Å²) in [5, 5.41) is 15.8. The Morgan fingerprint density at radius 2 is 2.15 bits per heavy atom. The van der Waals surface area contributed by atoms with E-state index in [0.717, 1.165) is 0 Å². The van der Waals surface area contributed by atoms with Crippen molar-refractivity contribution in [3.63, 3.8) is 0 Å². The van der Waals surface area contributed by atoms with Crippen molar-refractivity contribution < 1.29 is 19.4 Å². The maximum absolute atomic E-state index is 12.2. The Kier molecular flexibility index (Phi) is 5.69. The number of methoxy groups -OCH3 is 1. The van der Waals surface area contributed by atoms with Gasteiger partial charge >= 0.3 is 5.97 Å². The van der Waals surface area contributed by atoms with Crippen molar-refractivity contribution >= 4 is 11.9 Å². The highest BCUT2D eigenvalue weighted by atomic mass is 16.5. The van der Waals surface area contributed by atoms with Gasteiger partial charge in [-0.3, -0.25) is 9.48 Å². The first kappa shape index (κ1) is 16.2. The van der Waals surface area contributed by atoms with Crippen LogP contribution in [-0.4, -0.2) is 46.5 Å². The van der Waals surface area contributed by atoms with Crippen LogP contribution in [0.1, 0.15) is 42.2 Å². The molecule has 112 valence electrons. The predicted octanol–water partition coefficient (Wildman–Crippen LogP) is 0.763. The topological polar surface area (TPSA) is 93.5 Å². The van der Waals surface area contributed by atoms with E-state index in [-0.39, 0.29) is 18.9 Å². The molecule has 7 nitrogen and oxygen atoms in total. The fourth-order valence-electron chi connectivity index (χ4n) is 1.84. The zero-order valence-electron chi connectivity index (χ0n) is 12.2. The van der Waals surface area contributed by atoms with Gasteiger partial charge in [0.2, 0.25) is 0 Å². The summed E-state index contributed by atoms with van der Waals surface area (Å²) < 4.78 is 6.40. The average Bonchev–Trinajstić information content (AvgIpc) is 2.76. The Morgan fingerprint density at radius 1 is 1.50 bits per heavy atom. The largest absolute Gasteiger partial charge is 0.480 e. The zero-order valence-corrected chi connectivity index (χ0v) is 12.2. The molecular weight excluding hydrogens is 262 g/mol. The van der Waals surface area contributed by atoms with Crippen LogP contribution in [0, 0.1) is 0 Å². The lowest BCUT2D eigenvalue weighted by atomic mass is 10.1. The molecule has 1 amide bonds. The van der Waals surface area contributed by atoms with Crippen molar-refractivity contribution in [3.05, 3.63) is 17.5 Å². The molecule has 0 aliphatic rings. The highest BCUT2D eigenvalue weighted by Gasteiger charge is 2.24. The van der Waals surface area contributed by atoms with E-state index < -0.39 is 17.9 Å². The number of nitrogens with zero attached hydrogens (tertiary/aromatic N) is 2. The number of hydrogen-bond donors (Lipinski definition) is 2. The second-order valence-electron chi connectivity index (χ2n) is 4.90. The van der Waals surface area contributed by atoms with E-state index in [9.17, 15) is 9.59 Å². The van der Waals surface area contributed by atoms with E-state index in [2.05, 4.69) is 10.4 Å². The number of aromatic nitrogens is 2. The molecule has 1 heterocycles. The standard InChI is InChI=1S/C13H21N3O4/c1-8(2)11-9(7-16(3)15-11)12(17)14-10(13(18)19)5-6-20-4/h7-8,10H,5-6H2,1-4H3,(H,14,17)(H,18,19). The van der Waals surface area contributed by atoms with Crippen LogP contribution in [0.3, 0.4) is 0 Å². The molecule has 0 aromatic carbocycles. The molecule has 1 unspecified atom stereocenters. The Labute approximate surface area is 117 Å². The minimum atomic E-state index is -1.08. The van der Waals surface area contributed by atoms with Crippen LogP contribution in [0.15, 0.2) is 6.20 Å².